The highest BCUT2D eigenvalue weighted by atomic mass is 16.2. The van der Waals surface area contributed by atoms with Gasteiger partial charge in [0, 0.05) is 12.6 Å². The molecule has 0 spiro atoms. The van der Waals surface area contributed by atoms with E-state index in [0.29, 0.717) is 17.9 Å². The van der Waals surface area contributed by atoms with Crippen molar-refractivity contribution in [3.05, 3.63) is 35.9 Å². The molecular formula is C14H17NO. The molecule has 16 heavy (non-hydrogen) atoms. The quantitative estimate of drug-likeness (QED) is 0.694. The van der Waals surface area contributed by atoms with E-state index in [1.165, 1.54) is 24.8 Å². The van der Waals surface area contributed by atoms with Crippen LogP contribution < -0.4 is 0 Å². The van der Waals surface area contributed by atoms with Crippen LogP contribution in [0.25, 0.3) is 0 Å². The molecule has 1 aromatic carbocycles. The number of likely N-dealkylation sites (tertiary alicyclic amines) is 1. The van der Waals surface area contributed by atoms with Gasteiger partial charge in [0.2, 0.25) is 5.91 Å². The molecule has 2 nitrogen and oxygen atoms in total. The van der Waals surface area contributed by atoms with Gasteiger partial charge in [-0.15, -0.1) is 0 Å². The van der Waals surface area contributed by atoms with Gasteiger partial charge in [0.25, 0.3) is 0 Å². The van der Waals surface area contributed by atoms with Crippen LogP contribution in [0.4, 0.5) is 0 Å². The molecule has 1 heterocycles. The Labute approximate surface area is 96.3 Å². The van der Waals surface area contributed by atoms with E-state index in [9.17, 15) is 4.79 Å². The van der Waals surface area contributed by atoms with Crippen LogP contribution in [0.2, 0.25) is 0 Å². The van der Waals surface area contributed by atoms with Gasteiger partial charge in [-0.3, -0.25) is 4.79 Å². The summed E-state index contributed by atoms with van der Waals surface area (Å²) < 4.78 is 0. The second-order valence-electron chi connectivity index (χ2n) is 4.91. The van der Waals surface area contributed by atoms with E-state index in [1.807, 2.05) is 18.2 Å². The van der Waals surface area contributed by atoms with E-state index in [-0.39, 0.29) is 0 Å². The number of rotatable bonds is 2. The fraction of sp³-hybridized carbons (Fsp3) is 0.500. The average Bonchev–Trinajstić information content (AvgIpc) is 2.37. The van der Waals surface area contributed by atoms with Crippen molar-refractivity contribution in [1.29, 1.82) is 0 Å². The SMILES string of the molecule is O=C1C2CCCCC2N1Cc1ccccc1. The number of β-lactam (4-membered cyclic amide) rings is 1. The predicted octanol–water partition coefficient (Wildman–Crippen LogP) is 2.59. The monoisotopic (exact) mass is 215 g/mol. The molecule has 2 atom stereocenters. The van der Waals surface area contributed by atoms with Crippen molar-refractivity contribution in [2.45, 2.75) is 38.3 Å². The summed E-state index contributed by atoms with van der Waals surface area (Å²) in [7, 11) is 0. The van der Waals surface area contributed by atoms with Gasteiger partial charge in [-0.05, 0) is 18.4 Å². The van der Waals surface area contributed by atoms with Crippen molar-refractivity contribution < 1.29 is 4.79 Å². The van der Waals surface area contributed by atoms with Crippen molar-refractivity contribution in [3.63, 3.8) is 0 Å². The molecule has 1 saturated heterocycles. The molecule has 0 N–H and O–H groups in total. The largest absolute Gasteiger partial charge is 0.334 e. The van der Waals surface area contributed by atoms with Crippen LogP contribution in [0, 0.1) is 5.92 Å². The van der Waals surface area contributed by atoms with E-state index < -0.39 is 0 Å². The number of fused-ring (bicyclic) bond motifs is 1. The third kappa shape index (κ3) is 1.53. The van der Waals surface area contributed by atoms with E-state index in [2.05, 4.69) is 17.0 Å². The summed E-state index contributed by atoms with van der Waals surface area (Å²) in [6.07, 6.45) is 4.86. The van der Waals surface area contributed by atoms with Crippen LogP contribution in [0.5, 0.6) is 0 Å². The lowest BCUT2D eigenvalue weighted by Crippen LogP contribution is -2.61. The standard InChI is InChI=1S/C14H17NO/c16-14-12-8-4-5-9-13(12)15(14)10-11-6-2-1-3-7-11/h1-3,6-7,12-13H,4-5,8-10H2. The minimum atomic E-state index is 0.359. The first-order valence-electron chi connectivity index (χ1n) is 6.20. The van der Waals surface area contributed by atoms with Gasteiger partial charge in [-0.1, -0.05) is 43.2 Å². The van der Waals surface area contributed by atoms with Gasteiger partial charge < -0.3 is 4.90 Å². The van der Waals surface area contributed by atoms with Crippen molar-refractivity contribution in [1.82, 2.24) is 4.90 Å². The fourth-order valence-corrected chi connectivity index (χ4v) is 3.04. The molecule has 1 saturated carbocycles. The Kier molecular flexibility index (Phi) is 2.43. The molecule has 3 rings (SSSR count). The molecule has 84 valence electrons. The maximum absolute atomic E-state index is 11.9. The molecule has 1 amide bonds. The second-order valence-corrected chi connectivity index (χ2v) is 4.91. The summed E-state index contributed by atoms with van der Waals surface area (Å²) in [4.78, 5) is 14.0. The van der Waals surface area contributed by atoms with Gasteiger partial charge in [0.1, 0.15) is 0 Å². The van der Waals surface area contributed by atoms with Gasteiger partial charge >= 0.3 is 0 Å². The van der Waals surface area contributed by atoms with E-state index in [0.717, 1.165) is 13.0 Å². The lowest BCUT2D eigenvalue weighted by Gasteiger charge is -2.50. The Morgan fingerprint density at radius 1 is 1.12 bits per heavy atom. The molecule has 2 aliphatic rings. The van der Waals surface area contributed by atoms with Crippen molar-refractivity contribution in [2.24, 2.45) is 5.92 Å². The number of carbonyl (C=O) groups excluding carboxylic acids is 1. The second kappa shape index (κ2) is 3.93. The summed E-state index contributed by atoms with van der Waals surface area (Å²) in [5.74, 6) is 0.742. The van der Waals surface area contributed by atoms with Crippen molar-refractivity contribution in [2.75, 3.05) is 0 Å². The molecule has 1 aliphatic heterocycles. The molecule has 0 aromatic heterocycles. The van der Waals surface area contributed by atoms with Crippen LogP contribution in [-0.2, 0) is 11.3 Å². The molecule has 1 aromatic rings. The fourth-order valence-electron chi connectivity index (χ4n) is 3.04. The van der Waals surface area contributed by atoms with Crippen LogP contribution in [-0.4, -0.2) is 16.8 Å². The number of hydrogen-bond donors (Lipinski definition) is 0. The predicted molar refractivity (Wildman–Crippen MR) is 62.7 cm³/mol. The highest BCUT2D eigenvalue weighted by Crippen LogP contribution is 2.39. The maximum Gasteiger partial charge on any atom is 0.228 e. The third-order valence-electron chi connectivity index (χ3n) is 3.93. The first kappa shape index (κ1) is 9.88. The average molecular weight is 215 g/mol. The Hall–Kier alpha value is -1.31. The van der Waals surface area contributed by atoms with Gasteiger partial charge in [0.05, 0.1) is 5.92 Å². The van der Waals surface area contributed by atoms with Crippen LogP contribution >= 0.6 is 0 Å². The highest BCUT2D eigenvalue weighted by molar-refractivity contribution is 5.86. The minimum absolute atomic E-state index is 0.359. The first-order valence-corrected chi connectivity index (χ1v) is 6.20. The normalized spacial score (nSPS) is 28.5. The molecule has 2 fully saturated rings. The number of benzene rings is 1. The molecule has 2 unspecified atom stereocenters. The number of carbonyl (C=O) groups is 1. The van der Waals surface area contributed by atoms with Gasteiger partial charge in [0.15, 0.2) is 0 Å². The molecule has 2 heteroatoms. The summed E-state index contributed by atoms with van der Waals surface area (Å²) in [5, 5.41) is 0. The van der Waals surface area contributed by atoms with Crippen molar-refractivity contribution in [3.8, 4) is 0 Å². The zero-order valence-electron chi connectivity index (χ0n) is 9.43. The van der Waals surface area contributed by atoms with Crippen molar-refractivity contribution >= 4 is 5.91 Å². The highest BCUT2D eigenvalue weighted by Gasteiger charge is 2.47. The lowest BCUT2D eigenvalue weighted by atomic mass is 9.76. The summed E-state index contributed by atoms with van der Waals surface area (Å²) >= 11 is 0. The molecular weight excluding hydrogens is 198 g/mol. The Morgan fingerprint density at radius 3 is 2.69 bits per heavy atom. The van der Waals surface area contributed by atoms with E-state index in [4.69, 9.17) is 0 Å². The number of amides is 1. The van der Waals surface area contributed by atoms with Crippen LogP contribution in [0.1, 0.15) is 31.2 Å². The number of hydrogen-bond acceptors (Lipinski definition) is 1. The summed E-state index contributed by atoms with van der Waals surface area (Å²) in [5.41, 5.74) is 1.25. The zero-order valence-corrected chi connectivity index (χ0v) is 9.43. The first-order chi connectivity index (χ1) is 7.86. The van der Waals surface area contributed by atoms with E-state index >= 15 is 0 Å². The molecule has 0 bridgehead atoms. The van der Waals surface area contributed by atoms with Crippen LogP contribution in [0.15, 0.2) is 30.3 Å². The zero-order chi connectivity index (χ0) is 11.0. The Bertz CT molecular complexity index is 387. The summed E-state index contributed by atoms with van der Waals surface area (Å²) in [6, 6.07) is 10.8. The maximum atomic E-state index is 11.9. The molecule has 1 aliphatic carbocycles. The lowest BCUT2D eigenvalue weighted by molar-refractivity contribution is -0.160. The van der Waals surface area contributed by atoms with Gasteiger partial charge in [-0.2, -0.15) is 0 Å². The van der Waals surface area contributed by atoms with Crippen LogP contribution in [0.3, 0.4) is 0 Å². The smallest absolute Gasteiger partial charge is 0.228 e. The Balaban J connectivity index is 1.70. The van der Waals surface area contributed by atoms with Gasteiger partial charge in [-0.25, -0.2) is 0 Å². The van der Waals surface area contributed by atoms with E-state index in [1.54, 1.807) is 0 Å². The topological polar surface area (TPSA) is 20.3 Å². The third-order valence-corrected chi connectivity index (χ3v) is 3.93. The minimum Gasteiger partial charge on any atom is -0.334 e. The summed E-state index contributed by atoms with van der Waals surface area (Å²) in [6.45, 7) is 0.806. The number of nitrogens with zero attached hydrogens (tertiary/aromatic N) is 1. The Morgan fingerprint density at radius 2 is 1.88 bits per heavy atom. The molecule has 0 radical (unpaired) electrons.